The first-order valence-electron chi connectivity index (χ1n) is 10.2. The zero-order valence-electron chi connectivity index (χ0n) is 18.3. The summed E-state index contributed by atoms with van der Waals surface area (Å²) in [6, 6.07) is 0. The van der Waals surface area contributed by atoms with Crippen LogP contribution < -0.4 is 0 Å². The summed E-state index contributed by atoms with van der Waals surface area (Å²) in [5, 5.41) is 0. The van der Waals surface area contributed by atoms with Gasteiger partial charge >= 0.3 is 0 Å². The van der Waals surface area contributed by atoms with Gasteiger partial charge in [-0.05, 0) is 58.7 Å². The van der Waals surface area contributed by atoms with Crippen LogP contribution in [0.3, 0.4) is 0 Å². The first-order valence-corrected chi connectivity index (χ1v) is 10.2. The van der Waals surface area contributed by atoms with E-state index in [9.17, 15) is 0 Å². The Hall–Kier alpha value is 0. The molecule has 0 amide bonds. The van der Waals surface area contributed by atoms with Crippen molar-refractivity contribution in [3.63, 3.8) is 0 Å². The van der Waals surface area contributed by atoms with Crippen LogP contribution in [0.15, 0.2) is 0 Å². The molecule has 0 nitrogen and oxygen atoms in total. The summed E-state index contributed by atoms with van der Waals surface area (Å²) in [5.74, 6) is 2.47. The van der Waals surface area contributed by atoms with Crippen molar-refractivity contribution >= 4 is 0 Å². The molecule has 0 aromatic rings. The second-order valence-corrected chi connectivity index (χ2v) is 11.7. The molecule has 0 radical (unpaired) electrons. The van der Waals surface area contributed by atoms with Gasteiger partial charge in [-0.15, -0.1) is 0 Å². The first kappa shape index (κ1) is 21.0. The highest BCUT2D eigenvalue weighted by atomic mass is 14.6. The van der Waals surface area contributed by atoms with Crippen LogP contribution in [0, 0.1) is 39.4 Å². The van der Waals surface area contributed by atoms with Crippen LogP contribution >= 0.6 is 0 Å². The van der Waals surface area contributed by atoms with Crippen molar-refractivity contribution in [3.05, 3.63) is 0 Å². The van der Waals surface area contributed by atoms with Gasteiger partial charge in [0, 0.05) is 0 Å². The fourth-order valence-electron chi connectivity index (χ4n) is 7.24. The topological polar surface area (TPSA) is 0 Å². The van der Waals surface area contributed by atoms with E-state index in [1.165, 1.54) is 32.1 Å². The third-order valence-corrected chi connectivity index (χ3v) is 6.73. The van der Waals surface area contributed by atoms with Gasteiger partial charge in [0.05, 0.1) is 0 Å². The van der Waals surface area contributed by atoms with E-state index in [0.717, 1.165) is 17.8 Å². The highest BCUT2D eigenvalue weighted by molar-refractivity contribution is 5.04. The molecule has 1 aliphatic carbocycles. The summed E-state index contributed by atoms with van der Waals surface area (Å²) in [4.78, 5) is 0. The Balaban J connectivity index is 3.52. The molecule has 0 saturated heterocycles. The van der Waals surface area contributed by atoms with Crippen molar-refractivity contribution in [2.24, 2.45) is 39.4 Å². The van der Waals surface area contributed by atoms with Crippen molar-refractivity contribution in [3.8, 4) is 0 Å². The van der Waals surface area contributed by atoms with Gasteiger partial charge in [-0.25, -0.2) is 0 Å². The van der Waals surface area contributed by atoms with E-state index in [0.29, 0.717) is 21.7 Å². The lowest BCUT2D eigenvalue weighted by molar-refractivity contribution is -0.117. The molecular weight excluding hydrogens is 276 g/mol. The summed E-state index contributed by atoms with van der Waals surface area (Å²) in [7, 11) is 0. The second kappa shape index (κ2) is 6.72. The fraction of sp³-hybridized carbons (Fsp3) is 1.00. The Kier molecular flexibility index (Phi) is 6.15. The van der Waals surface area contributed by atoms with Gasteiger partial charge in [0.15, 0.2) is 0 Å². The van der Waals surface area contributed by atoms with Crippen LogP contribution in [-0.4, -0.2) is 0 Å². The van der Waals surface area contributed by atoms with Crippen molar-refractivity contribution in [1.82, 2.24) is 0 Å². The predicted octanol–water partition coefficient (Wildman–Crippen LogP) is 7.96. The maximum absolute atomic E-state index is 2.53. The largest absolute Gasteiger partial charge is 0.0651 e. The molecule has 1 fully saturated rings. The van der Waals surface area contributed by atoms with E-state index in [1.54, 1.807) is 0 Å². The average Bonchev–Trinajstić information content (AvgIpc) is 2.22. The lowest BCUT2D eigenvalue weighted by atomic mass is 9.44. The average molecular weight is 323 g/mol. The van der Waals surface area contributed by atoms with Crippen molar-refractivity contribution in [1.29, 1.82) is 0 Å². The van der Waals surface area contributed by atoms with E-state index in [2.05, 4.69) is 76.2 Å². The Morgan fingerprint density at radius 2 is 1.22 bits per heavy atom. The molecule has 1 aliphatic rings. The second-order valence-electron chi connectivity index (χ2n) is 11.7. The molecule has 0 aliphatic heterocycles. The lowest BCUT2D eigenvalue weighted by Gasteiger charge is -2.61. The summed E-state index contributed by atoms with van der Waals surface area (Å²) < 4.78 is 0. The summed E-state index contributed by atoms with van der Waals surface area (Å²) >= 11 is 0. The third-order valence-electron chi connectivity index (χ3n) is 6.73. The number of hydrogen-bond acceptors (Lipinski definition) is 0. The maximum Gasteiger partial charge on any atom is -0.0224 e. The summed E-state index contributed by atoms with van der Waals surface area (Å²) in [5.41, 5.74) is 1.75. The molecule has 0 heteroatoms. The minimum Gasteiger partial charge on any atom is -0.0651 e. The Morgan fingerprint density at radius 1 is 0.826 bits per heavy atom. The minimum absolute atomic E-state index is 0.389. The number of hydrogen-bond donors (Lipinski definition) is 0. The summed E-state index contributed by atoms with van der Waals surface area (Å²) in [6.45, 7) is 27.4. The SMILES string of the molecule is CCC(C(C)(C)C)C1(C(CC)C(C)(C)C)CC(C)CC(C)(C)C1. The zero-order chi connectivity index (χ0) is 18.3. The van der Waals surface area contributed by atoms with Gasteiger partial charge in [-0.3, -0.25) is 0 Å². The Morgan fingerprint density at radius 3 is 1.48 bits per heavy atom. The molecule has 1 saturated carbocycles. The monoisotopic (exact) mass is 322 g/mol. The quantitative estimate of drug-likeness (QED) is 0.492. The Bertz CT molecular complexity index is 348. The fourth-order valence-corrected chi connectivity index (χ4v) is 7.24. The normalized spacial score (nSPS) is 31.7. The molecule has 0 heterocycles. The maximum atomic E-state index is 2.53. The lowest BCUT2D eigenvalue weighted by Crippen LogP contribution is -2.53. The molecule has 3 atom stereocenters. The van der Waals surface area contributed by atoms with Crippen LogP contribution in [-0.2, 0) is 0 Å². The predicted molar refractivity (Wildman–Crippen MR) is 106 cm³/mol. The van der Waals surface area contributed by atoms with Gasteiger partial charge in [0.1, 0.15) is 0 Å². The standard InChI is InChI=1S/C23H46/c1-12-18(20(4,5)6)23(19(13-2)21(7,8)9)15-17(3)14-22(10,11)16-23/h17-19H,12-16H2,1-11H3. The van der Waals surface area contributed by atoms with Crippen LogP contribution in [0.4, 0.5) is 0 Å². The molecule has 138 valence electrons. The van der Waals surface area contributed by atoms with Gasteiger partial charge in [-0.1, -0.05) is 89.0 Å². The Labute approximate surface area is 148 Å². The minimum atomic E-state index is 0.389. The van der Waals surface area contributed by atoms with Gasteiger partial charge in [0.2, 0.25) is 0 Å². The highest BCUT2D eigenvalue weighted by Gasteiger charge is 2.55. The van der Waals surface area contributed by atoms with Gasteiger partial charge < -0.3 is 0 Å². The van der Waals surface area contributed by atoms with E-state index in [4.69, 9.17) is 0 Å². The van der Waals surface area contributed by atoms with Crippen LogP contribution in [0.25, 0.3) is 0 Å². The molecule has 0 spiro atoms. The van der Waals surface area contributed by atoms with Crippen molar-refractivity contribution < 1.29 is 0 Å². The molecule has 0 aromatic heterocycles. The van der Waals surface area contributed by atoms with Crippen molar-refractivity contribution in [2.75, 3.05) is 0 Å². The van der Waals surface area contributed by atoms with E-state index in [1.807, 2.05) is 0 Å². The van der Waals surface area contributed by atoms with Gasteiger partial charge in [0.25, 0.3) is 0 Å². The molecule has 23 heavy (non-hydrogen) atoms. The van der Waals surface area contributed by atoms with Gasteiger partial charge in [-0.2, -0.15) is 0 Å². The molecule has 0 N–H and O–H groups in total. The third kappa shape index (κ3) is 4.55. The molecule has 0 bridgehead atoms. The van der Waals surface area contributed by atoms with E-state index >= 15 is 0 Å². The molecule has 0 aromatic carbocycles. The zero-order valence-corrected chi connectivity index (χ0v) is 18.3. The van der Waals surface area contributed by atoms with Crippen molar-refractivity contribution in [2.45, 2.75) is 108 Å². The summed E-state index contributed by atoms with van der Waals surface area (Å²) in [6.07, 6.45) is 6.88. The van der Waals surface area contributed by atoms with Crippen LogP contribution in [0.1, 0.15) is 108 Å². The highest BCUT2D eigenvalue weighted by Crippen LogP contribution is 2.64. The van der Waals surface area contributed by atoms with Crippen LogP contribution in [0.5, 0.6) is 0 Å². The van der Waals surface area contributed by atoms with E-state index < -0.39 is 0 Å². The molecule has 1 rings (SSSR count). The molecular formula is C23H46. The van der Waals surface area contributed by atoms with E-state index in [-0.39, 0.29) is 0 Å². The molecule has 3 unspecified atom stereocenters. The number of rotatable bonds is 4. The smallest absolute Gasteiger partial charge is 0.0224 e. The first-order chi connectivity index (χ1) is 10.2. The van der Waals surface area contributed by atoms with Crippen LogP contribution in [0.2, 0.25) is 0 Å².